The van der Waals surface area contributed by atoms with Gasteiger partial charge in [0.1, 0.15) is 11.5 Å². The summed E-state index contributed by atoms with van der Waals surface area (Å²) in [5.74, 6) is 0.198. The van der Waals surface area contributed by atoms with Crippen LogP contribution in [0.2, 0.25) is 0 Å². The van der Waals surface area contributed by atoms with Crippen molar-refractivity contribution in [3.05, 3.63) is 84.0 Å². The molecule has 4 heteroatoms. The summed E-state index contributed by atoms with van der Waals surface area (Å²) in [4.78, 5) is 22.9. The quantitative estimate of drug-likeness (QED) is 0.391. The van der Waals surface area contributed by atoms with Gasteiger partial charge in [-0.05, 0) is 53.6 Å². The second kappa shape index (κ2) is 9.53. The number of aryl methyl sites for hydroxylation is 2. The van der Waals surface area contributed by atoms with E-state index >= 15 is 0 Å². The maximum absolute atomic E-state index is 11.4. The molecule has 0 aliphatic rings. The van der Waals surface area contributed by atoms with E-state index in [-0.39, 0.29) is 0 Å². The Morgan fingerprint density at radius 1 is 0.815 bits per heavy atom. The van der Waals surface area contributed by atoms with Crippen LogP contribution in [0.5, 0.6) is 11.5 Å². The maximum atomic E-state index is 11.4. The number of ether oxygens (including phenoxy) is 2. The fourth-order valence-corrected chi connectivity index (χ4v) is 2.77. The SMILES string of the molecule is C=CC(=O)Oc1ccc(Cc2ccc(OC(=O)C=C)c(CC)c2)cc1CC. The molecule has 2 aromatic carbocycles. The van der Waals surface area contributed by atoms with Gasteiger partial charge in [0.05, 0.1) is 0 Å². The molecule has 0 fully saturated rings. The molecule has 0 bridgehead atoms. The van der Waals surface area contributed by atoms with Gasteiger partial charge in [0.2, 0.25) is 0 Å². The summed E-state index contributed by atoms with van der Waals surface area (Å²) in [7, 11) is 0. The molecule has 27 heavy (non-hydrogen) atoms. The van der Waals surface area contributed by atoms with E-state index in [9.17, 15) is 9.59 Å². The number of hydrogen-bond acceptors (Lipinski definition) is 4. The van der Waals surface area contributed by atoms with Crippen molar-refractivity contribution < 1.29 is 19.1 Å². The van der Waals surface area contributed by atoms with Crippen molar-refractivity contribution in [2.24, 2.45) is 0 Å². The molecule has 0 spiro atoms. The zero-order valence-corrected chi connectivity index (χ0v) is 15.8. The van der Waals surface area contributed by atoms with E-state index in [1.165, 1.54) is 0 Å². The van der Waals surface area contributed by atoms with Crippen molar-refractivity contribution >= 4 is 11.9 Å². The second-order valence-corrected chi connectivity index (χ2v) is 6.02. The predicted molar refractivity (Wildman–Crippen MR) is 106 cm³/mol. The molecule has 0 aliphatic heterocycles. The number of carbonyl (C=O) groups excluding carboxylic acids is 2. The van der Waals surface area contributed by atoms with E-state index in [1.54, 1.807) is 0 Å². The molecule has 2 rings (SSSR count). The van der Waals surface area contributed by atoms with Crippen LogP contribution in [0.25, 0.3) is 0 Å². The van der Waals surface area contributed by atoms with Gasteiger partial charge in [-0.1, -0.05) is 51.3 Å². The summed E-state index contributed by atoms with van der Waals surface area (Å²) in [5.41, 5.74) is 4.16. The average Bonchev–Trinajstić information content (AvgIpc) is 2.69. The maximum Gasteiger partial charge on any atom is 0.335 e. The zero-order valence-electron chi connectivity index (χ0n) is 15.8. The lowest BCUT2D eigenvalue weighted by Crippen LogP contribution is -2.06. The van der Waals surface area contributed by atoms with Gasteiger partial charge in [-0.15, -0.1) is 0 Å². The highest BCUT2D eigenvalue weighted by atomic mass is 16.5. The molecule has 0 heterocycles. The first-order valence-corrected chi connectivity index (χ1v) is 8.92. The fourth-order valence-electron chi connectivity index (χ4n) is 2.77. The molecule has 0 aromatic heterocycles. The molecule has 0 saturated carbocycles. The van der Waals surface area contributed by atoms with Gasteiger partial charge in [0.15, 0.2) is 0 Å². The molecule has 140 valence electrons. The van der Waals surface area contributed by atoms with Crippen molar-refractivity contribution in [3.8, 4) is 11.5 Å². The van der Waals surface area contributed by atoms with Gasteiger partial charge < -0.3 is 9.47 Å². The molecular weight excluding hydrogens is 340 g/mol. The van der Waals surface area contributed by atoms with E-state index in [4.69, 9.17) is 9.47 Å². The largest absolute Gasteiger partial charge is 0.423 e. The predicted octanol–water partition coefficient (Wildman–Crippen LogP) is 4.59. The van der Waals surface area contributed by atoms with E-state index in [0.717, 1.165) is 53.7 Å². The summed E-state index contributed by atoms with van der Waals surface area (Å²) in [6.45, 7) is 10.9. The third kappa shape index (κ3) is 5.42. The van der Waals surface area contributed by atoms with E-state index in [1.807, 2.05) is 50.2 Å². The minimum Gasteiger partial charge on any atom is -0.423 e. The highest BCUT2D eigenvalue weighted by Gasteiger charge is 2.10. The van der Waals surface area contributed by atoms with Crippen LogP contribution in [0.3, 0.4) is 0 Å². The lowest BCUT2D eigenvalue weighted by Gasteiger charge is -2.12. The van der Waals surface area contributed by atoms with Gasteiger partial charge in [0.25, 0.3) is 0 Å². The Hall–Kier alpha value is -3.14. The Morgan fingerprint density at radius 2 is 1.22 bits per heavy atom. The summed E-state index contributed by atoms with van der Waals surface area (Å²) >= 11 is 0. The molecule has 0 aliphatic carbocycles. The first-order valence-electron chi connectivity index (χ1n) is 8.92. The highest BCUT2D eigenvalue weighted by molar-refractivity contribution is 5.84. The molecule has 0 amide bonds. The molecule has 0 unspecified atom stereocenters. The number of hydrogen-bond donors (Lipinski definition) is 0. The molecular formula is C23H24O4. The van der Waals surface area contributed by atoms with Crippen LogP contribution < -0.4 is 9.47 Å². The number of benzene rings is 2. The summed E-state index contributed by atoms with van der Waals surface area (Å²) in [6.07, 6.45) is 4.54. The number of esters is 2. The van der Waals surface area contributed by atoms with Crippen LogP contribution >= 0.6 is 0 Å². The van der Waals surface area contributed by atoms with Crippen LogP contribution in [0.15, 0.2) is 61.7 Å². The Morgan fingerprint density at radius 3 is 1.56 bits per heavy atom. The zero-order chi connectivity index (χ0) is 19.8. The van der Waals surface area contributed by atoms with Crippen LogP contribution in [-0.4, -0.2) is 11.9 Å². The Kier molecular flexibility index (Phi) is 7.12. The Bertz CT molecular complexity index is 793. The van der Waals surface area contributed by atoms with Crippen molar-refractivity contribution in [2.75, 3.05) is 0 Å². The van der Waals surface area contributed by atoms with Crippen LogP contribution in [0.4, 0.5) is 0 Å². The van der Waals surface area contributed by atoms with Gasteiger partial charge >= 0.3 is 11.9 Å². The molecule has 4 nitrogen and oxygen atoms in total. The minimum atomic E-state index is -0.463. The first-order chi connectivity index (χ1) is 13.0. The summed E-state index contributed by atoms with van der Waals surface area (Å²) < 4.78 is 10.6. The van der Waals surface area contributed by atoms with Crippen molar-refractivity contribution in [1.29, 1.82) is 0 Å². The Balaban J connectivity index is 2.23. The van der Waals surface area contributed by atoms with Gasteiger partial charge in [0, 0.05) is 12.2 Å². The van der Waals surface area contributed by atoms with E-state index in [0.29, 0.717) is 11.5 Å². The topological polar surface area (TPSA) is 52.6 Å². The number of rotatable bonds is 8. The fraction of sp³-hybridized carbons (Fsp3) is 0.217. The van der Waals surface area contributed by atoms with Crippen LogP contribution in [0.1, 0.15) is 36.1 Å². The van der Waals surface area contributed by atoms with Gasteiger partial charge in [-0.2, -0.15) is 0 Å². The summed E-state index contributed by atoms with van der Waals surface area (Å²) in [6, 6.07) is 11.6. The third-order valence-electron chi connectivity index (χ3n) is 4.17. The van der Waals surface area contributed by atoms with E-state index < -0.39 is 11.9 Å². The lowest BCUT2D eigenvalue weighted by molar-refractivity contribution is -0.129. The van der Waals surface area contributed by atoms with Crippen molar-refractivity contribution in [1.82, 2.24) is 0 Å². The van der Waals surface area contributed by atoms with Crippen molar-refractivity contribution in [3.63, 3.8) is 0 Å². The highest BCUT2D eigenvalue weighted by Crippen LogP contribution is 2.25. The van der Waals surface area contributed by atoms with Gasteiger partial charge in [-0.25, -0.2) is 9.59 Å². The smallest absolute Gasteiger partial charge is 0.335 e. The monoisotopic (exact) mass is 364 g/mol. The standard InChI is InChI=1S/C23H24O4/c1-5-18-14-16(9-11-20(18)26-22(24)7-3)13-17-10-12-21(19(6-2)15-17)27-23(25)8-4/h7-12,14-15H,3-6,13H2,1-2H3. The normalized spacial score (nSPS) is 10.1. The molecule has 0 N–H and O–H groups in total. The van der Waals surface area contributed by atoms with Crippen LogP contribution in [0, 0.1) is 0 Å². The number of carbonyl (C=O) groups is 2. The molecule has 0 atom stereocenters. The molecule has 0 saturated heterocycles. The third-order valence-corrected chi connectivity index (χ3v) is 4.17. The van der Waals surface area contributed by atoms with Crippen molar-refractivity contribution in [2.45, 2.75) is 33.1 Å². The summed E-state index contributed by atoms with van der Waals surface area (Å²) in [5, 5.41) is 0. The first kappa shape index (κ1) is 20.2. The average molecular weight is 364 g/mol. The van der Waals surface area contributed by atoms with Gasteiger partial charge in [-0.3, -0.25) is 0 Å². The Labute approximate surface area is 160 Å². The second-order valence-electron chi connectivity index (χ2n) is 6.02. The van der Waals surface area contributed by atoms with E-state index in [2.05, 4.69) is 13.2 Å². The minimum absolute atomic E-state index is 0.463. The lowest BCUT2D eigenvalue weighted by atomic mass is 9.99. The van der Waals surface area contributed by atoms with Crippen LogP contribution in [-0.2, 0) is 28.9 Å². The molecule has 0 radical (unpaired) electrons. The molecule has 2 aromatic rings.